The summed E-state index contributed by atoms with van der Waals surface area (Å²) in [5.74, 6) is 0.220. The van der Waals surface area contributed by atoms with Gasteiger partial charge in [-0.3, -0.25) is 9.59 Å². The summed E-state index contributed by atoms with van der Waals surface area (Å²) in [6, 6.07) is 6.94. The summed E-state index contributed by atoms with van der Waals surface area (Å²) < 4.78 is 5.35. The number of anilines is 1. The number of nitrogens with one attached hydrogen (secondary N) is 2. The van der Waals surface area contributed by atoms with Crippen LogP contribution in [0.4, 0.5) is 5.69 Å². The molecule has 1 aliphatic carbocycles. The second kappa shape index (κ2) is 7.10. The SMILES string of the molecule is NC(CNC(=O)c1cccc(NC(=O)C2CCCO2)c1)C1CC1. The van der Waals surface area contributed by atoms with Crippen molar-refractivity contribution < 1.29 is 14.3 Å². The van der Waals surface area contributed by atoms with Crippen molar-refractivity contribution in [2.24, 2.45) is 11.7 Å². The van der Waals surface area contributed by atoms with Gasteiger partial charge in [0.15, 0.2) is 0 Å². The molecule has 2 fully saturated rings. The van der Waals surface area contributed by atoms with E-state index in [0.29, 0.717) is 30.3 Å². The number of amides is 2. The number of nitrogens with two attached hydrogens (primary N) is 1. The number of carbonyl (C=O) groups is 2. The van der Waals surface area contributed by atoms with Crippen molar-refractivity contribution in [3.05, 3.63) is 29.8 Å². The molecule has 6 nitrogen and oxygen atoms in total. The van der Waals surface area contributed by atoms with Gasteiger partial charge in [0, 0.05) is 30.4 Å². The van der Waals surface area contributed by atoms with Gasteiger partial charge in [0.25, 0.3) is 11.8 Å². The minimum atomic E-state index is -0.385. The first-order chi connectivity index (χ1) is 11.1. The van der Waals surface area contributed by atoms with Crippen LogP contribution in [0.5, 0.6) is 0 Å². The summed E-state index contributed by atoms with van der Waals surface area (Å²) >= 11 is 0. The zero-order valence-electron chi connectivity index (χ0n) is 13.1. The Hall–Kier alpha value is -1.92. The van der Waals surface area contributed by atoms with Gasteiger partial charge in [0.1, 0.15) is 6.10 Å². The molecule has 124 valence electrons. The Kier molecular flexibility index (Phi) is 4.93. The van der Waals surface area contributed by atoms with E-state index in [1.165, 1.54) is 0 Å². The first kappa shape index (κ1) is 16.0. The smallest absolute Gasteiger partial charge is 0.253 e. The van der Waals surface area contributed by atoms with Gasteiger partial charge in [-0.05, 0) is 49.8 Å². The lowest BCUT2D eigenvalue weighted by Crippen LogP contribution is -2.38. The first-order valence-corrected chi connectivity index (χ1v) is 8.20. The lowest BCUT2D eigenvalue weighted by molar-refractivity contribution is -0.124. The summed E-state index contributed by atoms with van der Waals surface area (Å²) in [7, 11) is 0. The highest BCUT2D eigenvalue weighted by Crippen LogP contribution is 2.31. The molecule has 1 heterocycles. The highest BCUT2D eigenvalue weighted by atomic mass is 16.5. The molecule has 4 N–H and O–H groups in total. The predicted octanol–water partition coefficient (Wildman–Crippen LogP) is 1.27. The largest absolute Gasteiger partial charge is 0.368 e. The molecule has 2 unspecified atom stereocenters. The summed E-state index contributed by atoms with van der Waals surface area (Å²) in [5, 5.41) is 5.66. The van der Waals surface area contributed by atoms with Crippen LogP contribution in [0.3, 0.4) is 0 Å². The van der Waals surface area contributed by atoms with Crippen molar-refractivity contribution in [2.75, 3.05) is 18.5 Å². The molecular formula is C17H23N3O3. The average Bonchev–Trinajstić information content (AvgIpc) is 3.26. The Balaban J connectivity index is 1.55. The standard InChI is InChI=1S/C17H23N3O3/c18-14(11-6-7-11)10-19-16(21)12-3-1-4-13(9-12)20-17(22)15-5-2-8-23-15/h1,3-4,9,11,14-15H,2,5-8,10,18H2,(H,19,21)(H,20,22). The number of rotatable bonds is 6. The summed E-state index contributed by atoms with van der Waals surface area (Å²) in [5.41, 5.74) is 7.10. The molecule has 0 radical (unpaired) electrons. The van der Waals surface area contributed by atoms with Crippen LogP contribution in [-0.2, 0) is 9.53 Å². The molecule has 1 saturated carbocycles. The minimum Gasteiger partial charge on any atom is -0.368 e. The van der Waals surface area contributed by atoms with Crippen LogP contribution in [-0.4, -0.2) is 37.1 Å². The van der Waals surface area contributed by atoms with E-state index in [1.807, 2.05) is 0 Å². The fourth-order valence-electron chi connectivity index (χ4n) is 2.75. The second-order valence-electron chi connectivity index (χ2n) is 6.28. The van der Waals surface area contributed by atoms with Crippen LogP contribution in [0.2, 0.25) is 0 Å². The van der Waals surface area contributed by atoms with E-state index in [4.69, 9.17) is 10.5 Å². The highest BCUT2D eigenvalue weighted by molar-refractivity contribution is 5.98. The Morgan fingerprint density at radius 2 is 2.13 bits per heavy atom. The fourth-order valence-corrected chi connectivity index (χ4v) is 2.75. The molecule has 23 heavy (non-hydrogen) atoms. The molecule has 1 aromatic rings. The molecule has 2 amide bonds. The maximum absolute atomic E-state index is 12.2. The Morgan fingerprint density at radius 3 is 2.83 bits per heavy atom. The molecule has 1 saturated heterocycles. The topological polar surface area (TPSA) is 93.5 Å². The van der Waals surface area contributed by atoms with E-state index >= 15 is 0 Å². The quantitative estimate of drug-likeness (QED) is 0.736. The maximum atomic E-state index is 12.2. The molecule has 0 aromatic heterocycles. The van der Waals surface area contributed by atoms with Crippen LogP contribution in [0.25, 0.3) is 0 Å². The number of hydrogen-bond acceptors (Lipinski definition) is 4. The minimum absolute atomic E-state index is 0.0290. The van der Waals surface area contributed by atoms with Crippen LogP contribution in [0.1, 0.15) is 36.0 Å². The van der Waals surface area contributed by atoms with Gasteiger partial charge in [-0.2, -0.15) is 0 Å². The van der Waals surface area contributed by atoms with Crippen molar-refractivity contribution in [3.63, 3.8) is 0 Å². The third-order valence-electron chi connectivity index (χ3n) is 4.34. The van der Waals surface area contributed by atoms with Crippen LogP contribution in [0.15, 0.2) is 24.3 Å². The van der Waals surface area contributed by atoms with Crippen LogP contribution < -0.4 is 16.4 Å². The Morgan fingerprint density at radius 1 is 1.30 bits per heavy atom. The molecule has 6 heteroatoms. The van der Waals surface area contributed by atoms with Gasteiger partial charge in [-0.25, -0.2) is 0 Å². The van der Waals surface area contributed by atoms with Gasteiger partial charge >= 0.3 is 0 Å². The summed E-state index contributed by atoms with van der Waals surface area (Å²) in [6.07, 6.45) is 3.57. The normalized spacial score (nSPS) is 21.7. The van der Waals surface area contributed by atoms with E-state index < -0.39 is 0 Å². The van der Waals surface area contributed by atoms with Crippen LogP contribution in [0, 0.1) is 5.92 Å². The molecule has 1 aliphatic heterocycles. The molecular weight excluding hydrogens is 294 g/mol. The van der Waals surface area contributed by atoms with E-state index in [9.17, 15) is 9.59 Å². The number of benzene rings is 1. The van der Waals surface area contributed by atoms with E-state index in [0.717, 1.165) is 25.7 Å². The summed E-state index contributed by atoms with van der Waals surface area (Å²) in [4.78, 5) is 24.2. The third-order valence-corrected chi connectivity index (χ3v) is 4.34. The van der Waals surface area contributed by atoms with Gasteiger partial charge < -0.3 is 21.1 Å². The monoisotopic (exact) mass is 317 g/mol. The number of carbonyl (C=O) groups excluding carboxylic acids is 2. The third kappa shape index (κ3) is 4.30. The molecule has 1 aromatic carbocycles. The van der Waals surface area contributed by atoms with E-state index in [-0.39, 0.29) is 24.0 Å². The Bertz CT molecular complexity index is 580. The van der Waals surface area contributed by atoms with Gasteiger partial charge in [-0.1, -0.05) is 6.07 Å². The molecule has 3 rings (SSSR count). The highest BCUT2D eigenvalue weighted by Gasteiger charge is 2.28. The second-order valence-corrected chi connectivity index (χ2v) is 6.28. The van der Waals surface area contributed by atoms with Crippen molar-refractivity contribution in [3.8, 4) is 0 Å². The van der Waals surface area contributed by atoms with E-state index in [1.54, 1.807) is 24.3 Å². The zero-order valence-corrected chi connectivity index (χ0v) is 13.1. The van der Waals surface area contributed by atoms with Crippen molar-refractivity contribution >= 4 is 17.5 Å². The Labute approximate surface area is 135 Å². The molecule has 0 bridgehead atoms. The van der Waals surface area contributed by atoms with Crippen molar-refractivity contribution in [2.45, 2.75) is 37.8 Å². The maximum Gasteiger partial charge on any atom is 0.253 e. The van der Waals surface area contributed by atoms with Crippen LogP contribution >= 0.6 is 0 Å². The average molecular weight is 317 g/mol. The lowest BCUT2D eigenvalue weighted by atomic mass is 10.1. The number of ether oxygens (including phenoxy) is 1. The fraction of sp³-hybridized carbons (Fsp3) is 0.529. The number of hydrogen-bond donors (Lipinski definition) is 3. The van der Waals surface area contributed by atoms with E-state index in [2.05, 4.69) is 10.6 Å². The predicted molar refractivity (Wildman–Crippen MR) is 87.1 cm³/mol. The first-order valence-electron chi connectivity index (χ1n) is 8.20. The molecule has 2 aliphatic rings. The zero-order chi connectivity index (χ0) is 16.2. The van der Waals surface area contributed by atoms with Gasteiger partial charge in [0.05, 0.1) is 0 Å². The van der Waals surface area contributed by atoms with Gasteiger partial charge in [0.2, 0.25) is 0 Å². The molecule has 0 spiro atoms. The van der Waals surface area contributed by atoms with Crippen molar-refractivity contribution in [1.29, 1.82) is 0 Å². The van der Waals surface area contributed by atoms with Crippen molar-refractivity contribution in [1.82, 2.24) is 5.32 Å². The molecule has 2 atom stereocenters. The lowest BCUT2D eigenvalue weighted by Gasteiger charge is -2.13. The summed E-state index contributed by atoms with van der Waals surface area (Å²) in [6.45, 7) is 1.11. The van der Waals surface area contributed by atoms with Gasteiger partial charge in [-0.15, -0.1) is 0 Å².